The van der Waals surface area contributed by atoms with Crippen LogP contribution >= 0.6 is 0 Å². The predicted molar refractivity (Wildman–Crippen MR) is 95.1 cm³/mol. The Balaban J connectivity index is 1.52. The Morgan fingerprint density at radius 1 is 1.14 bits per heavy atom. The number of amides is 2. The average molecular weight is 418 g/mol. The van der Waals surface area contributed by atoms with E-state index in [2.05, 4.69) is 5.32 Å². The van der Waals surface area contributed by atoms with Gasteiger partial charge >= 0.3 is 6.18 Å². The molecule has 2 aliphatic rings. The number of nitrogens with zero attached hydrogens (tertiary/aromatic N) is 1. The Morgan fingerprint density at radius 2 is 1.71 bits per heavy atom. The second-order valence-corrected chi connectivity index (χ2v) is 9.58. The number of halogens is 3. The number of carbonyl (C=O) groups is 2. The summed E-state index contributed by atoms with van der Waals surface area (Å²) in [5.74, 6) is -1.38. The molecule has 0 bridgehead atoms. The van der Waals surface area contributed by atoms with Gasteiger partial charge in [-0.3, -0.25) is 9.59 Å². The summed E-state index contributed by atoms with van der Waals surface area (Å²) in [5, 5.41) is 2.64. The SMILES string of the molecule is CC(NC(=O)C1CC1c1ccc(C(F)(F)F)cc1)C(=O)N1CCS(=O)(=O)CC1. The molecule has 1 aliphatic carbocycles. The lowest BCUT2D eigenvalue weighted by Gasteiger charge is -2.29. The first kappa shape index (κ1) is 20.6. The van der Waals surface area contributed by atoms with Crippen LogP contribution in [0.25, 0.3) is 0 Å². The largest absolute Gasteiger partial charge is 0.416 e. The first-order chi connectivity index (χ1) is 13.0. The highest BCUT2D eigenvalue weighted by molar-refractivity contribution is 7.91. The van der Waals surface area contributed by atoms with Gasteiger partial charge in [-0.15, -0.1) is 0 Å². The molecule has 3 atom stereocenters. The monoisotopic (exact) mass is 418 g/mol. The van der Waals surface area contributed by atoms with Crippen molar-refractivity contribution in [3.05, 3.63) is 35.4 Å². The summed E-state index contributed by atoms with van der Waals surface area (Å²) in [5.41, 5.74) is -0.0750. The maximum Gasteiger partial charge on any atom is 0.416 e. The van der Waals surface area contributed by atoms with Crippen LogP contribution in [0.3, 0.4) is 0 Å². The molecule has 0 aromatic heterocycles. The Morgan fingerprint density at radius 3 is 2.25 bits per heavy atom. The Hall–Kier alpha value is -2.10. The zero-order valence-electron chi connectivity index (χ0n) is 15.2. The topological polar surface area (TPSA) is 83.6 Å². The zero-order chi connectivity index (χ0) is 20.7. The van der Waals surface area contributed by atoms with Gasteiger partial charge < -0.3 is 10.2 Å². The number of sulfone groups is 1. The lowest BCUT2D eigenvalue weighted by Crippen LogP contribution is -2.52. The molecule has 10 heteroatoms. The molecule has 1 N–H and O–H groups in total. The Kier molecular flexibility index (Phi) is 5.44. The third-order valence-corrected chi connectivity index (χ3v) is 6.79. The number of hydrogen-bond donors (Lipinski definition) is 1. The molecule has 2 fully saturated rings. The minimum Gasteiger partial charge on any atom is -0.344 e. The molecule has 0 radical (unpaired) electrons. The van der Waals surface area contributed by atoms with Crippen molar-refractivity contribution in [3.63, 3.8) is 0 Å². The molecule has 1 saturated heterocycles. The second-order valence-electron chi connectivity index (χ2n) is 7.28. The maximum absolute atomic E-state index is 12.6. The minimum absolute atomic E-state index is 0.0853. The Bertz CT molecular complexity index is 854. The van der Waals surface area contributed by atoms with Crippen molar-refractivity contribution in [2.45, 2.75) is 31.5 Å². The normalized spacial score (nSPS) is 25.1. The molecule has 1 saturated carbocycles. The fraction of sp³-hybridized carbons (Fsp3) is 0.556. The summed E-state index contributed by atoms with van der Waals surface area (Å²) in [6, 6.07) is 3.97. The van der Waals surface area contributed by atoms with Crippen LogP contribution in [0.4, 0.5) is 13.2 Å². The van der Waals surface area contributed by atoms with E-state index in [1.165, 1.54) is 17.0 Å². The number of carbonyl (C=O) groups excluding carboxylic acids is 2. The minimum atomic E-state index is -4.40. The molecule has 3 unspecified atom stereocenters. The molecule has 1 aliphatic heterocycles. The van der Waals surface area contributed by atoms with E-state index in [4.69, 9.17) is 0 Å². The van der Waals surface area contributed by atoms with Crippen molar-refractivity contribution >= 4 is 21.7 Å². The van der Waals surface area contributed by atoms with E-state index in [1.807, 2.05) is 0 Å². The van der Waals surface area contributed by atoms with E-state index in [-0.39, 0.29) is 48.2 Å². The first-order valence-corrected chi connectivity index (χ1v) is 10.8. The molecule has 3 rings (SSSR count). The average Bonchev–Trinajstić information content (AvgIpc) is 3.41. The third-order valence-electron chi connectivity index (χ3n) is 5.18. The quantitative estimate of drug-likeness (QED) is 0.805. The van der Waals surface area contributed by atoms with Crippen molar-refractivity contribution in [1.29, 1.82) is 0 Å². The van der Waals surface area contributed by atoms with E-state index in [9.17, 15) is 31.2 Å². The van der Waals surface area contributed by atoms with E-state index in [0.717, 1.165) is 12.1 Å². The first-order valence-electron chi connectivity index (χ1n) is 8.95. The van der Waals surface area contributed by atoms with Gasteiger partial charge in [0.15, 0.2) is 9.84 Å². The zero-order valence-corrected chi connectivity index (χ0v) is 16.0. The molecule has 1 aromatic carbocycles. The van der Waals surface area contributed by atoms with Crippen LogP contribution in [0.2, 0.25) is 0 Å². The molecule has 1 heterocycles. The van der Waals surface area contributed by atoms with Crippen molar-refractivity contribution < 1.29 is 31.2 Å². The van der Waals surface area contributed by atoms with Gasteiger partial charge in [0.25, 0.3) is 0 Å². The number of hydrogen-bond acceptors (Lipinski definition) is 4. The van der Waals surface area contributed by atoms with E-state index in [1.54, 1.807) is 6.92 Å². The number of alkyl halides is 3. The molecule has 28 heavy (non-hydrogen) atoms. The van der Waals surface area contributed by atoms with Crippen LogP contribution in [0, 0.1) is 5.92 Å². The summed E-state index contributed by atoms with van der Waals surface area (Å²) in [6.45, 7) is 1.76. The van der Waals surface area contributed by atoms with Crippen LogP contribution in [-0.2, 0) is 25.6 Å². The van der Waals surface area contributed by atoms with Crippen molar-refractivity contribution in [1.82, 2.24) is 10.2 Å². The lowest BCUT2D eigenvalue weighted by molar-refractivity contribution is -0.137. The van der Waals surface area contributed by atoms with Gasteiger partial charge in [-0.05, 0) is 37.0 Å². The van der Waals surface area contributed by atoms with E-state index < -0.39 is 27.6 Å². The lowest BCUT2D eigenvalue weighted by atomic mass is 10.1. The third kappa shape index (κ3) is 4.65. The predicted octanol–water partition coefficient (Wildman–Crippen LogP) is 1.57. The molecule has 1 aromatic rings. The van der Waals surface area contributed by atoms with Gasteiger partial charge in [0.05, 0.1) is 17.1 Å². The summed E-state index contributed by atoms with van der Waals surface area (Å²) in [7, 11) is -3.10. The fourth-order valence-electron chi connectivity index (χ4n) is 3.36. The summed E-state index contributed by atoms with van der Waals surface area (Å²) >= 11 is 0. The van der Waals surface area contributed by atoms with Gasteiger partial charge in [0, 0.05) is 19.0 Å². The van der Waals surface area contributed by atoms with E-state index in [0.29, 0.717) is 12.0 Å². The van der Waals surface area contributed by atoms with Crippen LogP contribution in [0.5, 0.6) is 0 Å². The van der Waals surface area contributed by atoms with Crippen molar-refractivity contribution in [2.75, 3.05) is 24.6 Å². The summed E-state index contributed by atoms with van der Waals surface area (Å²) in [4.78, 5) is 26.2. The van der Waals surface area contributed by atoms with Crippen LogP contribution in [-0.4, -0.2) is 55.8 Å². The highest BCUT2D eigenvalue weighted by atomic mass is 32.2. The maximum atomic E-state index is 12.6. The summed E-state index contributed by atoms with van der Waals surface area (Å²) in [6.07, 6.45) is -3.89. The van der Waals surface area contributed by atoms with Crippen LogP contribution in [0.1, 0.15) is 30.4 Å². The van der Waals surface area contributed by atoms with Gasteiger partial charge in [0.2, 0.25) is 11.8 Å². The smallest absolute Gasteiger partial charge is 0.344 e. The highest BCUT2D eigenvalue weighted by Crippen LogP contribution is 2.48. The molecule has 6 nitrogen and oxygen atoms in total. The molecule has 2 amide bonds. The standard InChI is InChI=1S/C18H21F3N2O4S/c1-11(17(25)23-6-8-28(26,27)9-7-23)22-16(24)15-10-14(15)12-2-4-13(5-3-12)18(19,20)21/h2-5,11,14-15H,6-10H2,1H3,(H,22,24). The summed E-state index contributed by atoms with van der Waals surface area (Å²) < 4.78 is 60.8. The second kappa shape index (κ2) is 7.38. The number of benzene rings is 1. The molecular formula is C18H21F3N2O4S. The van der Waals surface area contributed by atoms with Gasteiger partial charge in [-0.25, -0.2) is 8.42 Å². The fourth-order valence-corrected chi connectivity index (χ4v) is 4.56. The van der Waals surface area contributed by atoms with Gasteiger partial charge in [-0.1, -0.05) is 12.1 Å². The van der Waals surface area contributed by atoms with Crippen molar-refractivity contribution in [2.24, 2.45) is 5.92 Å². The van der Waals surface area contributed by atoms with E-state index >= 15 is 0 Å². The van der Waals surface area contributed by atoms with Crippen LogP contribution in [0.15, 0.2) is 24.3 Å². The van der Waals surface area contributed by atoms with Gasteiger partial charge in [0.1, 0.15) is 6.04 Å². The van der Waals surface area contributed by atoms with Gasteiger partial charge in [-0.2, -0.15) is 13.2 Å². The number of rotatable bonds is 4. The number of nitrogens with one attached hydrogen (secondary N) is 1. The highest BCUT2D eigenvalue weighted by Gasteiger charge is 2.45. The van der Waals surface area contributed by atoms with Crippen LogP contribution < -0.4 is 5.32 Å². The molecule has 0 spiro atoms. The molecular weight excluding hydrogens is 397 g/mol. The van der Waals surface area contributed by atoms with Crippen molar-refractivity contribution in [3.8, 4) is 0 Å². The Labute approximate surface area is 161 Å². The molecule has 154 valence electrons.